The van der Waals surface area contributed by atoms with Crippen molar-refractivity contribution in [1.82, 2.24) is 0 Å². The molecule has 0 saturated heterocycles. The molecular weight excluding hydrogens is 279 g/mol. The third-order valence-corrected chi connectivity index (χ3v) is 3.39. The van der Waals surface area contributed by atoms with Crippen LogP contribution in [0.1, 0.15) is 21.5 Å². The monoisotopic (exact) mass is 292 g/mol. The molecular formula is C16H14ClFO2. The highest BCUT2D eigenvalue weighted by molar-refractivity contribution is 6.31. The fraction of sp³-hybridized carbons (Fsp3) is 0.188. The summed E-state index contributed by atoms with van der Waals surface area (Å²) in [5, 5.41) is 0.508. The van der Waals surface area contributed by atoms with Crippen molar-refractivity contribution in [2.24, 2.45) is 0 Å². The second kappa shape index (κ2) is 6.06. The second-order valence-corrected chi connectivity index (χ2v) is 4.92. The van der Waals surface area contributed by atoms with Gasteiger partial charge in [0.2, 0.25) is 0 Å². The quantitative estimate of drug-likeness (QED) is 0.789. The first kappa shape index (κ1) is 14.5. The lowest BCUT2D eigenvalue weighted by Crippen LogP contribution is -2.09. The van der Waals surface area contributed by atoms with Crippen molar-refractivity contribution in [3.63, 3.8) is 0 Å². The van der Waals surface area contributed by atoms with E-state index in [1.165, 1.54) is 19.2 Å². The van der Waals surface area contributed by atoms with Gasteiger partial charge in [0.25, 0.3) is 0 Å². The maximum absolute atomic E-state index is 13.8. The molecule has 0 aromatic heterocycles. The Labute approximate surface area is 122 Å². The predicted octanol–water partition coefficient (Wildman–Crippen LogP) is 4.22. The van der Waals surface area contributed by atoms with E-state index in [2.05, 4.69) is 0 Å². The summed E-state index contributed by atoms with van der Waals surface area (Å²) >= 11 is 6.10. The molecule has 0 saturated carbocycles. The van der Waals surface area contributed by atoms with Gasteiger partial charge in [-0.25, -0.2) is 4.39 Å². The summed E-state index contributed by atoms with van der Waals surface area (Å²) < 4.78 is 18.9. The number of hydrogen-bond acceptors (Lipinski definition) is 2. The number of Topliss-reactive ketones (excluding diaryl/α,β-unsaturated/α-hetero) is 1. The van der Waals surface area contributed by atoms with Crippen LogP contribution in [0.25, 0.3) is 0 Å². The SMILES string of the molecule is COc1cccc(F)c1C(=O)Cc1ccc(C)cc1Cl. The molecule has 0 bridgehead atoms. The first-order valence-corrected chi connectivity index (χ1v) is 6.51. The van der Waals surface area contributed by atoms with Crippen LogP contribution in [0.15, 0.2) is 36.4 Å². The van der Waals surface area contributed by atoms with Gasteiger partial charge in [-0.2, -0.15) is 0 Å². The van der Waals surface area contributed by atoms with Crippen LogP contribution in [-0.4, -0.2) is 12.9 Å². The van der Waals surface area contributed by atoms with Crippen molar-refractivity contribution in [1.29, 1.82) is 0 Å². The first-order chi connectivity index (χ1) is 9.52. The van der Waals surface area contributed by atoms with Crippen LogP contribution in [0.4, 0.5) is 4.39 Å². The molecule has 0 N–H and O–H groups in total. The number of ketones is 1. The van der Waals surface area contributed by atoms with Crippen molar-refractivity contribution in [2.75, 3.05) is 7.11 Å². The van der Waals surface area contributed by atoms with Crippen LogP contribution in [0.2, 0.25) is 5.02 Å². The van der Waals surface area contributed by atoms with Gasteiger partial charge >= 0.3 is 0 Å². The number of carbonyl (C=O) groups excluding carboxylic acids is 1. The van der Waals surface area contributed by atoms with E-state index in [1.807, 2.05) is 13.0 Å². The molecule has 4 heteroatoms. The maximum Gasteiger partial charge on any atom is 0.173 e. The van der Waals surface area contributed by atoms with Gasteiger partial charge in [-0.15, -0.1) is 0 Å². The van der Waals surface area contributed by atoms with E-state index >= 15 is 0 Å². The maximum atomic E-state index is 13.8. The highest BCUT2D eigenvalue weighted by Gasteiger charge is 2.18. The van der Waals surface area contributed by atoms with Crippen LogP contribution in [0.3, 0.4) is 0 Å². The van der Waals surface area contributed by atoms with E-state index in [9.17, 15) is 9.18 Å². The Hall–Kier alpha value is -1.87. The first-order valence-electron chi connectivity index (χ1n) is 6.13. The van der Waals surface area contributed by atoms with Crippen LogP contribution in [-0.2, 0) is 6.42 Å². The van der Waals surface area contributed by atoms with Crippen molar-refractivity contribution in [3.05, 3.63) is 63.9 Å². The molecule has 0 aliphatic rings. The smallest absolute Gasteiger partial charge is 0.173 e. The molecule has 104 valence electrons. The average Bonchev–Trinajstić information content (AvgIpc) is 2.41. The number of aryl methyl sites for hydroxylation is 1. The number of methoxy groups -OCH3 is 1. The molecule has 0 atom stereocenters. The number of carbonyl (C=O) groups is 1. The van der Waals surface area contributed by atoms with Gasteiger partial charge in [-0.05, 0) is 36.2 Å². The Bertz CT molecular complexity index is 653. The lowest BCUT2D eigenvalue weighted by molar-refractivity contribution is 0.0986. The molecule has 0 aliphatic carbocycles. The lowest BCUT2D eigenvalue weighted by Gasteiger charge is -2.09. The van der Waals surface area contributed by atoms with Gasteiger partial charge in [0.1, 0.15) is 11.6 Å². The molecule has 2 aromatic rings. The molecule has 0 aliphatic heterocycles. The zero-order chi connectivity index (χ0) is 14.7. The van der Waals surface area contributed by atoms with Gasteiger partial charge in [0.05, 0.1) is 12.7 Å². The fourth-order valence-corrected chi connectivity index (χ4v) is 2.30. The van der Waals surface area contributed by atoms with Crippen molar-refractivity contribution in [2.45, 2.75) is 13.3 Å². The van der Waals surface area contributed by atoms with E-state index < -0.39 is 5.82 Å². The Balaban J connectivity index is 2.33. The Morgan fingerprint density at radius 3 is 2.70 bits per heavy atom. The predicted molar refractivity (Wildman–Crippen MR) is 77.2 cm³/mol. The number of benzene rings is 2. The highest BCUT2D eigenvalue weighted by atomic mass is 35.5. The average molecular weight is 293 g/mol. The number of rotatable bonds is 4. The van der Waals surface area contributed by atoms with Crippen LogP contribution in [0.5, 0.6) is 5.75 Å². The highest BCUT2D eigenvalue weighted by Crippen LogP contribution is 2.25. The van der Waals surface area contributed by atoms with E-state index in [0.29, 0.717) is 10.6 Å². The number of hydrogen-bond donors (Lipinski definition) is 0. The minimum Gasteiger partial charge on any atom is -0.496 e. The molecule has 0 heterocycles. The molecule has 0 spiro atoms. The third kappa shape index (κ3) is 2.99. The molecule has 20 heavy (non-hydrogen) atoms. The van der Waals surface area contributed by atoms with E-state index in [0.717, 1.165) is 5.56 Å². The van der Waals surface area contributed by atoms with Crippen LogP contribution >= 0.6 is 11.6 Å². The summed E-state index contributed by atoms with van der Waals surface area (Å²) in [4.78, 5) is 12.3. The van der Waals surface area contributed by atoms with E-state index in [-0.39, 0.29) is 23.5 Å². The Kier molecular flexibility index (Phi) is 4.40. The Morgan fingerprint density at radius 2 is 2.05 bits per heavy atom. The second-order valence-electron chi connectivity index (χ2n) is 4.51. The largest absolute Gasteiger partial charge is 0.496 e. The minimum atomic E-state index is -0.586. The zero-order valence-corrected chi connectivity index (χ0v) is 12.0. The molecule has 0 unspecified atom stereocenters. The molecule has 0 radical (unpaired) electrons. The summed E-state index contributed by atoms with van der Waals surface area (Å²) in [7, 11) is 1.41. The number of halogens is 2. The van der Waals surface area contributed by atoms with Crippen LogP contribution < -0.4 is 4.74 Å². The molecule has 0 amide bonds. The summed E-state index contributed by atoms with van der Waals surface area (Å²) in [5.41, 5.74) is 1.65. The zero-order valence-electron chi connectivity index (χ0n) is 11.2. The summed E-state index contributed by atoms with van der Waals surface area (Å²) in [5.74, 6) is -0.707. The molecule has 2 rings (SSSR count). The Morgan fingerprint density at radius 1 is 1.30 bits per heavy atom. The minimum absolute atomic E-state index is 0.0355. The molecule has 2 aromatic carbocycles. The molecule has 0 fully saturated rings. The summed E-state index contributed by atoms with van der Waals surface area (Å²) in [6, 6.07) is 9.74. The lowest BCUT2D eigenvalue weighted by atomic mass is 10.0. The third-order valence-electron chi connectivity index (χ3n) is 3.03. The normalized spacial score (nSPS) is 10.4. The topological polar surface area (TPSA) is 26.3 Å². The van der Waals surface area contributed by atoms with E-state index in [1.54, 1.807) is 18.2 Å². The standard InChI is InChI=1S/C16H14ClFO2/c1-10-6-7-11(12(17)8-10)9-14(19)16-13(18)4-3-5-15(16)20-2/h3-8H,9H2,1-2H3. The van der Waals surface area contributed by atoms with Crippen molar-refractivity contribution >= 4 is 17.4 Å². The van der Waals surface area contributed by atoms with E-state index in [4.69, 9.17) is 16.3 Å². The van der Waals surface area contributed by atoms with Gasteiger partial charge in [0, 0.05) is 11.4 Å². The van der Waals surface area contributed by atoms with Gasteiger partial charge < -0.3 is 4.74 Å². The van der Waals surface area contributed by atoms with Crippen LogP contribution in [0, 0.1) is 12.7 Å². The van der Waals surface area contributed by atoms with Gasteiger partial charge in [-0.1, -0.05) is 29.8 Å². The van der Waals surface area contributed by atoms with Crippen molar-refractivity contribution in [3.8, 4) is 5.75 Å². The fourth-order valence-electron chi connectivity index (χ4n) is 2.00. The number of ether oxygens (including phenoxy) is 1. The summed E-state index contributed by atoms with van der Waals surface area (Å²) in [6.07, 6.45) is 0.0381. The summed E-state index contributed by atoms with van der Waals surface area (Å²) in [6.45, 7) is 1.91. The molecule has 2 nitrogen and oxygen atoms in total. The van der Waals surface area contributed by atoms with Crippen molar-refractivity contribution < 1.29 is 13.9 Å². The van der Waals surface area contributed by atoms with Gasteiger partial charge in [-0.3, -0.25) is 4.79 Å². The van der Waals surface area contributed by atoms with Gasteiger partial charge in [0.15, 0.2) is 5.78 Å².